The Morgan fingerprint density at radius 1 is 0.955 bits per heavy atom. The fraction of sp³-hybridized carbons (Fsp3) is 0.150. The summed E-state index contributed by atoms with van der Waals surface area (Å²) in [5.41, 5.74) is 3.84. The van der Waals surface area contributed by atoms with E-state index in [1.165, 1.54) is 27.3 Å². The number of hydrogen-bond donors (Lipinski definition) is 0. The maximum atomic E-state index is 12.8. The quantitative estimate of drug-likeness (QED) is 0.444. The number of aryl methyl sites for hydroxylation is 3. The highest BCUT2D eigenvalue weighted by Crippen LogP contribution is 2.36. The lowest BCUT2D eigenvalue weighted by Crippen LogP contribution is -2.18. The van der Waals surface area contributed by atoms with E-state index in [0.717, 1.165) is 29.3 Å². The van der Waals surface area contributed by atoms with Crippen molar-refractivity contribution in [2.24, 2.45) is 0 Å². The van der Waals surface area contributed by atoms with Crippen LogP contribution in [-0.4, -0.2) is 4.57 Å². The van der Waals surface area contributed by atoms with Crippen molar-refractivity contribution in [2.75, 3.05) is 0 Å². The number of aromatic nitrogens is 1. The van der Waals surface area contributed by atoms with E-state index in [4.69, 9.17) is 0 Å². The van der Waals surface area contributed by atoms with Gasteiger partial charge in [0.25, 0.3) is 5.56 Å². The molecule has 3 aromatic carbocycles. The Kier molecular flexibility index (Phi) is 2.17. The molecule has 0 bridgehead atoms. The van der Waals surface area contributed by atoms with Gasteiger partial charge in [-0.25, -0.2) is 0 Å². The Balaban J connectivity index is 2.23. The summed E-state index contributed by atoms with van der Waals surface area (Å²) < 4.78 is 1.97. The van der Waals surface area contributed by atoms with E-state index in [0.29, 0.717) is 0 Å². The number of pyridine rings is 1. The Morgan fingerprint density at radius 2 is 1.77 bits per heavy atom. The largest absolute Gasteiger partial charge is 0.307 e. The van der Waals surface area contributed by atoms with Crippen LogP contribution >= 0.6 is 0 Å². The third kappa shape index (κ3) is 1.37. The lowest BCUT2D eigenvalue weighted by molar-refractivity contribution is 0.747. The molecule has 0 N–H and O–H groups in total. The number of rotatable bonds is 0. The Hall–Kier alpha value is -2.61. The van der Waals surface area contributed by atoms with Gasteiger partial charge in [-0.1, -0.05) is 42.0 Å². The van der Waals surface area contributed by atoms with Gasteiger partial charge in [-0.05, 0) is 47.2 Å². The van der Waals surface area contributed by atoms with Gasteiger partial charge in [-0.2, -0.15) is 0 Å². The highest BCUT2D eigenvalue weighted by Gasteiger charge is 2.20. The highest BCUT2D eigenvalue weighted by atomic mass is 16.1. The zero-order chi connectivity index (χ0) is 14.8. The summed E-state index contributed by atoms with van der Waals surface area (Å²) in [7, 11) is 0. The summed E-state index contributed by atoms with van der Waals surface area (Å²) in [6.07, 6.45) is 0.950. The number of nitrogens with zero attached hydrogens (tertiary/aromatic N) is 1. The Labute approximate surface area is 127 Å². The summed E-state index contributed by atoms with van der Waals surface area (Å²) in [5, 5.41) is 5.68. The summed E-state index contributed by atoms with van der Waals surface area (Å²) in [6.45, 7) is 2.92. The molecule has 1 aromatic heterocycles. The summed E-state index contributed by atoms with van der Waals surface area (Å²) in [6, 6.07) is 16.9. The van der Waals surface area contributed by atoms with Crippen molar-refractivity contribution in [3.63, 3.8) is 0 Å². The monoisotopic (exact) mass is 285 g/mol. The molecule has 2 nitrogen and oxygen atoms in total. The molecule has 22 heavy (non-hydrogen) atoms. The normalized spacial score (nSPS) is 13.5. The van der Waals surface area contributed by atoms with Gasteiger partial charge in [-0.15, -0.1) is 0 Å². The van der Waals surface area contributed by atoms with E-state index < -0.39 is 0 Å². The predicted octanol–water partition coefficient (Wildman–Crippen LogP) is 4.17. The van der Waals surface area contributed by atoms with Gasteiger partial charge < -0.3 is 4.57 Å². The first-order valence-electron chi connectivity index (χ1n) is 7.71. The predicted molar refractivity (Wildman–Crippen MR) is 91.7 cm³/mol. The van der Waals surface area contributed by atoms with E-state index in [1.807, 2.05) is 22.8 Å². The van der Waals surface area contributed by atoms with Crippen molar-refractivity contribution >= 4 is 32.4 Å². The third-order valence-corrected chi connectivity index (χ3v) is 4.90. The van der Waals surface area contributed by atoms with Crippen LogP contribution in [0.15, 0.2) is 53.3 Å². The minimum absolute atomic E-state index is 0.147. The van der Waals surface area contributed by atoms with Crippen LogP contribution in [0.3, 0.4) is 0 Å². The van der Waals surface area contributed by atoms with Crippen LogP contribution in [0.25, 0.3) is 32.4 Å². The molecule has 0 amide bonds. The molecule has 2 heterocycles. The van der Waals surface area contributed by atoms with Gasteiger partial charge in [-0.3, -0.25) is 4.79 Å². The summed E-state index contributed by atoms with van der Waals surface area (Å²) in [4.78, 5) is 12.8. The average molecular weight is 285 g/mol. The Morgan fingerprint density at radius 3 is 2.64 bits per heavy atom. The van der Waals surface area contributed by atoms with Crippen molar-refractivity contribution in [1.82, 2.24) is 4.57 Å². The fourth-order valence-corrected chi connectivity index (χ4v) is 3.91. The molecule has 0 fully saturated rings. The van der Waals surface area contributed by atoms with Crippen LogP contribution in [0.2, 0.25) is 0 Å². The van der Waals surface area contributed by atoms with Crippen LogP contribution < -0.4 is 5.56 Å². The van der Waals surface area contributed by atoms with Gasteiger partial charge in [0.1, 0.15) is 0 Å². The molecule has 0 aliphatic carbocycles. The second kappa shape index (κ2) is 3.98. The molecular weight excluding hydrogens is 270 g/mol. The molecule has 2 heteroatoms. The first-order valence-corrected chi connectivity index (χ1v) is 7.71. The molecule has 0 atom stereocenters. The van der Waals surface area contributed by atoms with Crippen molar-refractivity contribution in [1.29, 1.82) is 0 Å². The standard InChI is InChI=1S/C20H15NO/c1-12-6-7-13-11-14-8-9-21-19(14)18(17(13)10-12)15-4-2-3-5-16(15)20(21)22/h2-7,10-11H,8-9H2,1H3. The number of benzene rings is 3. The Bertz CT molecular complexity index is 1150. The van der Waals surface area contributed by atoms with E-state index in [-0.39, 0.29) is 5.56 Å². The van der Waals surface area contributed by atoms with Gasteiger partial charge in [0, 0.05) is 17.3 Å². The lowest BCUT2D eigenvalue weighted by atomic mass is 9.96. The smallest absolute Gasteiger partial charge is 0.258 e. The highest BCUT2D eigenvalue weighted by molar-refractivity contribution is 6.20. The molecule has 4 aromatic rings. The number of hydrogen-bond acceptors (Lipinski definition) is 1. The molecule has 0 spiro atoms. The zero-order valence-corrected chi connectivity index (χ0v) is 12.4. The second-order valence-electron chi connectivity index (χ2n) is 6.24. The first kappa shape index (κ1) is 12.0. The van der Waals surface area contributed by atoms with Gasteiger partial charge in [0.2, 0.25) is 0 Å². The molecule has 0 unspecified atom stereocenters. The van der Waals surface area contributed by atoms with Crippen LogP contribution in [0, 0.1) is 6.92 Å². The van der Waals surface area contributed by atoms with Gasteiger partial charge in [0.15, 0.2) is 0 Å². The molecule has 106 valence electrons. The van der Waals surface area contributed by atoms with E-state index in [2.05, 4.69) is 37.3 Å². The van der Waals surface area contributed by atoms with Crippen molar-refractivity contribution in [3.8, 4) is 0 Å². The van der Waals surface area contributed by atoms with Crippen molar-refractivity contribution in [3.05, 3.63) is 70.0 Å². The molecule has 1 aliphatic rings. The lowest BCUT2D eigenvalue weighted by Gasteiger charge is -2.12. The van der Waals surface area contributed by atoms with E-state index >= 15 is 0 Å². The number of fused-ring (bicyclic) bond motifs is 4. The minimum Gasteiger partial charge on any atom is -0.307 e. The third-order valence-electron chi connectivity index (χ3n) is 4.90. The minimum atomic E-state index is 0.147. The second-order valence-corrected chi connectivity index (χ2v) is 6.24. The maximum Gasteiger partial charge on any atom is 0.258 e. The fourth-order valence-electron chi connectivity index (χ4n) is 3.91. The SMILES string of the molecule is Cc1ccc2cc3c4c(c2c1)c1ccccc1c(=O)n4CC3. The molecule has 0 saturated heterocycles. The maximum absolute atomic E-state index is 12.8. The van der Waals surface area contributed by atoms with Crippen LogP contribution in [0.4, 0.5) is 0 Å². The zero-order valence-electron chi connectivity index (χ0n) is 12.4. The summed E-state index contributed by atoms with van der Waals surface area (Å²) in [5.74, 6) is 0. The molecule has 5 rings (SSSR count). The van der Waals surface area contributed by atoms with E-state index in [1.54, 1.807) is 0 Å². The topological polar surface area (TPSA) is 22.0 Å². The van der Waals surface area contributed by atoms with Crippen molar-refractivity contribution in [2.45, 2.75) is 19.9 Å². The average Bonchev–Trinajstić information content (AvgIpc) is 2.96. The molecule has 0 saturated carbocycles. The van der Waals surface area contributed by atoms with Crippen molar-refractivity contribution < 1.29 is 0 Å². The first-order chi connectivity index (χ1) is 10.7. The molecule has 1 aliphatic heterocycles. The van der Waals surface area contributed by atoms with Crippen LogP contribution in [-0.2, 0) is 13.0 Å². The summed E-state index contributed by atoms with van der Waals surface area (Å²) >= 11 is 0. The van der Waals surface area contributed by atoms with Crippen LogP contribution in [0.5, 0.6) is 0 Å². The molecular formula is C20H15NO. The van der Waals surface area contributed by atoms with Gasteiger partial charge >= 0.3 is 0 Å². The van der Waals surface area contributed by atoms with E-state index in [9.17, 15) is 4.79 Å². The molecule has 0 radical (unpaired) electrons. The van der Waals surface area contributed by atoms with Crippen LogP contribution in [0.1, 0.15) is 11.1 Å². The van der Waals surface area contributed by atoms with Gasteiger partial charge in [0.05, 0.1) is 5.52 Å².